The first-order chi connectivity index (χ1) is 12.2. The van der Waals surface area contributed by atoms with Crippen molar-refractivity contribution in [3.05, 3.63) is 38.3 Å². The lowest BCUT2D eigenvalue weighted by Crippen LogP contribution is -2.11. The Morgan fingerprint density at radius 1 is 1.19 bits per heavy atom. The molecule has 0 aliphatic heterocycles. The Balaban J connectivity index is 0.000000273. The van der Waals surface area contributed by atoms with E-state index in [0.717, 1.165) is 0 Å². The third kappa shape index (κ3) is 6.34. The molecular formula is C13H8Cl4FN3O5. The smallest absolute Gasteiger partial charge is 0.341 e. The van der Waals surface area contributed by atoms with E-state index in [9.17, 15) is 14.0 Å². The normalized spacial score (nSPS) is 9.73. The van der Waals surface area contributed by atoms with Crippen LogP contribution < -0.4 is 15.2 Å². The molecule has 0 spiro atoms. The topological polar surface area (TPSA) is 125 Å². The average Bonchev–Trinajstić information content (AvgIpc) is 2.59. The molecule has 2 aromatic rings. The van der Waals surface area contributed by atoms with Gasteiger partial charge in [0.05, 0.1) is 5.69 Å². The molecule has 0 aliphatic rings. The van der Waals surface area contributed by atoms with Crippen molar-refractivity contribution in [2.24, 2.45) is 0 Å². The fourth-order valence-electron chi connectivity index (χ4n) is 1.26. The van der Waals surface area contributed by atoms with E-state index >= 15 is 0 Å². The monoisotopic (exact) mass is 445 g/mol. The third-order valence-electron chi connectivity index (χ3n) is 2.31. The van der Waals surface area contributed by atoms with Gasteiger partial charge >= 0.3 is 5.97 Å². The van der Waals surface area contributed by atoms with E-state index < -0.39 is 29.4 Å². The summed E-state index contributed by atoms with van der Waals surface area (Å²) in [5.41, 5.74) is 5.07. The minimum atomic E-state index is -1.25. The summed E-state index contributed by atoms with van der Waals surface area (Å²) in [6.45, 7) is -0.461. The Morgan fingerprint density at radius 3 is 2.42 bits per heavy atom. The van der Waals surface area contributed by atoms with E-state index in [2.05, 4.69) is 19.4 Å². The summed E-state index contributed by atoms with van der Waals surface area (Å²) in [6, 6.07) is 3.00. The van der Waals surface area contributed by atoms with Crippen LogP contribution in [-0.4, -0.2) is 34.1 Å². The molecule has 2 heterocycles. The Labute approximate surface area is 165 Å². The second kappa shape index (κ2) is 10.2. The van der Waals surface area contributed by atoms with Crippen LogP contribution in [0.15, 0.2) is 12.1 Å². The highest BCUT2D eigenvalue weighted by Gasteiger charge is 2.16. The van der Waals surface area contributed by atoms with Crippen LogP contribution in [0.3, 0.4) is 0 Å². The largest absolute Gasteiger partial charge is 0.479 e. The number of pyridine rings is 2. The zero-order valence-electron chi connectivity index (χ0n) is 12.4. The Kier molecular flexibility index (Phi) is 8.59. The highest BCUT2D eigenvalue weighted by molar-refractivity contribution is 6.39. The Morgan fingerprint density at radius 2 is 1.85 bits per heavy atom. The van der Waals surface area contributed by atoms with Gasteiger partial charge < -0.3 is 20.3 Å². The third-order valence-corrected chi connectivity index (χ3v) is 3.54. The van der Waals surface area contributed by atoms with Crippen molar-refractivity contribution in [2.75, 3.05) is 12.3 Å². The van der Waals surface area contributed by atoms with Gasteiger partial charge in [-0.3, -0.25) is 4.79 Å². The fraction of sp³-hybridized carbons (Fsp3) is 0.0769. The first kappa shape index (κ1) is 22.0. The van der Waals surface area contributed by atoms with Gasteiger partial charge in [0.25, 0.3) is 6.47 Å². The van der Waals surface area contributed by atoms with Crippen molar-refractivity contribution in [1.29, 1.82) is 0 Å². The van der Waals surface area contributed by atoms with Crippen molar-refractivity contribution < 1.29 is 28.6 Å². The first-order valence-corrected chi connectivity index (χ1v) is 7.75. The van der Waals surface area contributed by atoms with Crippen LogP contribution in [0.1, 0.15) is 0 Å². The predicted molar refractivity (Wildman–Crippen MR) is 92.7 cm³/mol. The zero-order valence-corrected chi connectivity index (χ0v) is 15.4. The standard InChI is InChI=1S/C7H5Cl2FN2O3.C6H3Cl2NO2/c8-3-5(11)4(9)7(12-6(3)10)15-1-2(13)14;7-4-1-2-5(8)9-6(4)11-3-10/h1H2,(H2,11,12)(H,13,14);1-3H. The van der Waals surface area contributed by atoms with Crippen molar-refractivity contribution in [3.8, 4) is 11.8 Å². The number of carboxylic acids is 1. The highest BCUT2D eigenvalue weighted by atomic mass is 35.5. The number of anilines is 1. The van der Waals surface area contributed by atoms with Gasteiger partial charge in [0.2, 0.25) is 17.7 Å². The molecule has 2 aromatic heterocycles. The minimum absolute atomic E-state index is 0.0224. The number of carbonyl (C=O) groups excluding carboxylic acids is 1. The molecule has 0 aromatic carbocycles. The van der Waals surface area contributed by atoms with Crippen LogP contribution in [-0.2, 0) is 9.59 Å². The summed E-state index contributed by atoms with van der Waals surface area (Å²) < 4.78 is 21.9. The van der Waals surface area contributed by atoms with Crippen LogP contribution in [0.2, 0.25) is 20.2 Å². The number of halogens is 5. The number of hydrogen-bond donors (Lipinski definition) is 2. The lowest BCUT2D eigenvalue weighted by atomic mass is 10.4. The van der Waals surface area contributed by atoms with Gasteiger partial charge in [-0.1, -0.05) is 46.4 Å². The number of hydrogen-bond acceptors (Lipinski definition) is 7. The molecule has 26 heavy (non-hydrogen) atoms. The second-order valence-corrected chi connectivity index (χ2v) is 5.62. The number of nitrogen functional groups attached to an aromatic ring is 1. The van der Waals surface area contributed by atoms with Crippen LogP contribution in [0.25, 0.3) is 0 Å². The molecule has 8 nitrogen and oxygen atoms in total. The van der Waals surface area contributed by atoms with E-state index in [0.29, 0.717) is 0 Å². The number of carbonyl (C=O) groups is 2. The fourth-order valence-corrected chi connectivity index (χ4v) is 1.93. The molecule has 0 unspecified atom stereocenters. The van der Waals surface area contributed by atoms with Crippen LogP contribution in [0.5, 0.6) is 11.8 Å². The minimum Gasteiger partial charge on any atom is -0.479 e. The predicted octanol–water partition coefficient (Wildman–Crippen LogP) is 3.50. The molecule has 140 valence electrons. The second-order valence-electron chi connectivity index (χ2n) is 4.07. The Bertz CT molecular complexity index is 825. The van der Waals surface area contributed by atoms with E-state index in [1.807, 2.05) is 0 Å². The maximum atomic E-state index is 12.9. The van der Waals surface area contributed by atoms with Crippen LogP contribution in [0, 0.1) is 5.95 Å². The summed E-state index contributed by atoms with van der Waals surface area (Å²) in [5.74, 6) is -2.70. The number of rotatable bonds is 5. The molecule has 0 atom stereocenters. The molecule has 0 aliphatic carbocycles. The van der Waals surface area contributed by atoms with Gasteiger partial charge in [-0.15, -0.1) is 0 Å². The molecule has 0 amide bonds. The number of nitrogens with two attached hydrogens (primary N) is 1. The van der Waals surface area contributed by atoms with Gasteiger partial charge in [0.1, 0.15) is 20.2 Å². The lowest BCUT2D eigenvalue weighted by Gasteiger charge is -2.07. The Hall–Kier alpha value is -2.07. The molecule has 2 rings (SSSR count). The quantitative estimate of drug-likeness (QED) is 0.528. The van der Waals surface area contributed by atoms with Gasteiger partial charge in [-0.25, -0.2) is 4.79 Å². The van der Waals surface area contributed by atoms with Crippen molar-refractivity contribution in [1.82, 2.24) is 9.97 Å². The summed E-state index contributed by atoms with van der Waals surface area (Å²) in [4.78, 5) is 26.9. The van der Waals surface area contributed by atoms with Gasteiger partial charge in [-0.2, -0.15) is 14.4 Å². The summed E-state index contributed by atoms with van der Waals surface area (Å²) >= 11 is 22.1. The maximum Gasteiger partial charge on any atom is 0.341 e. The van der Waals surface area contributed by atoms with E-state index in [-0.39, 0.29) is 33.2 Å². The molecule has 0 saturated carbocycles. The van der Waals surface area contributed by atoms with E-state index in [4.69, 9.17) is 57.2 Å². The first-order valence-electron chi connectivity index (χ1n) is 6.24. The maximum absolute atomic E-state index is 12.9. The van der Waals surface area contributed by atoms with Gasteiger partial charge in [-0.05, 0) is 12.1 Å². The number of ether oxygens (including phenoxy) is 2. The molecule has 0 saturated heterocycles. The van der Waals surface area contributed by atoms with E-state index in [1.54, 1.807) is 0 Å². The number of aliphatic carboxylic acids is 1. The average molecular weight is 447 g/mol. The summed E-state index contributed by atoms with van der Waals surface area (Å²) in [7, 11) is 0. The van der Waals surface area contributed by atoms with Crippen molar-refractivity contribution >= 4 is 64.5 Å². The zero-order chi connectivity index (χ0) is 19.9. The van der Waals surface area contributed by atoms with Gasteiger partial charge in [0, 0.05) is 0 Å². The summed E-state index contributed by atoms with van der Waals surface area (Å²) in [6.07, 6.45) is 0. The summed E-state index contributed by atoms with van der Waals surface area (Å²) in [5, 5.41) is 8.14. The van der Waals surface area contributed by atoms with Crippen LogP contribution >= 0.6 is 46.4 Å². The SMILES string of the molecule is Nc1c(Cl)c(F)nc(OCC(=O)O)c1Cl.O=COc1nc(Cl)ccc1Cl. The van der Waals surface area contributed by atoms with Crippen molar-refractivity contribution in [2.45, 2.75) is 0 Å². The van der Waals surface area contributed by atoms with Crippen molar-refractivity contribution in [3.63, 3.8) is 0 Å². The lowest BCUT2D eigenvalue weighted by molar-refractivity contribution is -0.139. The number of carboxylic acid groups (broad SMARTS) is 1. The molecule has 0 bridgehead atoms. The molecule has 0 radical (unpaired) electrons. The van der Waals surface area contributed by atoms with Gasteiger partial charge in [0.15, 0.2) is 6.61 Å². The molecular weight excluding hydrogens is 439 g/mol. The number of aromatic nitrogens is 2. The molecule has 0 fully saturated rings. The number of nitrogens with zero attached hydrogens (tertiary/aromatic N) is 2. The highest BCUT2D eigenvalue weighted by Crippen LogP contribution is 2.35. The van der Waals surface area contributed by atoms with Crippen LogP contribution in [0.4, 0.5) is 10.1 Å². The molecule has 13 heteroatoms. The van der Waals surface area contributed by atoms with E-state index in [1.165, 1.54) is 12.1 Å². The molecule has 3 N–H and O–H groups in total.